The second kappa shape index (κ2) is 6.04. The predicted molar refractivity (Wildman–Crippen MR) is 87.4 cm³/mol. The van der Waals surface area contributed by atoms with Crippen LogP contribution in [0.1, 0.15) is 11.1 Å². The molecule has 1 heterocycles. The number of hydrogen-bond donors (Lipinski definition) is 1. The smallest absolute Gasteiger partial charge is 0.255 e. The lowest BCUT2D eigenvalue weighted by molar-refractivity contribution is -0.113. The van der Waals surface area contributed by atoms with E-state index >= 15 is 0 Å². The van der Waals surface area contributed by atoms with Crippen LogP contribution in [0.5, 0.6) is 5.75 Å². The van der Waals surface area contributed by atoms with Crippen molar-refractivity contribution in [3.05, 3.63) is 63.6 Å². The first-order valence-corrected chi connectivity index (χ1v) is 7.39. The van der Waals surface area contributed by atoms with Crippen LogP contribution in [0.3, 0.4) is 0 Å². The number of nitriles is 1. The Morgan fingerprint density at radius 1 is 1.23 bits per heavy atom. The Balaban J connectivity index is 1.79. The molecule has 0 radical (unpaired) electrons. The summed E-state index contributed by atoms with van der Waals surface area (Å²) in [5.41, 5.74) is 2.61. The fourth-order valence-corrected chi connectivity index (χ4v) is 2.50. The lowest BCUT2D eigenvalue weighted by atomic mass is 10.1. The number of anilines is 1. The third-order valence-corrected chi connectivity index (χ3v) is 3.74. The Kier molecular flexibility index (Phi) is 3.94. The molecule has 0 fully saturated rings. The number of benzene rings is 2. The standard InChI is InChI=1S/C17H11BrN2O2/c18-14-3-6-16-12(8-14)7-13(10-22-16)17(21)20-15-4-1-11(9-19)2-5-15/h1-8H,10H2,(H,20,21). The highest BCUT2D eigenvalue weighted by atomic mass is 79.9. The van der Waals surface area contributed by atoms with Gasteiger partial charge in [0.05, 0.1) is 17.2 Å². The lowest BCUT2D eigenvalue weighted by Gasteiger charge is -2.18. The van der Waals surface area contributed by atoms with Gasteiger partial charge in [-0.05, 0) is 48.5 Å². The highest BCUT2D eigenvalue weighted by molar-refractivity contribution is 9.10. The molecular weight excluding hydrogens is 344 g/mol. The van der Waals surface area contributed by atoms with Crippen molar-refractivity contribution in [2.24, 2.45) is 0 Å². The van der Waals surface area contributed by atoms with Gasteiger partial charge in [-0.1, -0.05) is 15.9 Å². The molecule has 0 atom stereocenters. The number of hydrogen-bond acceptors (Lipinski definition) is 3. The molecule has 0 spiro atoms. The van der Waals surface area contributed by atoms with Crippen molar-refractivity contribution in [1.29, 1.82) is 5.26 Å². The summed E-state index contributed by atoms with van der Waals surface area (Å²) in [6.07, 6.45) is 1.82. The second-order valence-corrected chi connectivity index (χ2v) is 5.70. The van der Waals surface area contributed by atoms with Crippen LogP contribution in [-0.2, 0) is 4.79 Å². The number of rotatable bonds is 2. The number of amides is 1. The van der Waals surface area contributed by atoms with Crippen molar-refractivity contribution in [3.8, 4) is 11.8 Å². The predicted octanol–water partition coefficient (Wildman–Crippen LogP) is 3.74. The molecule has 0 saturated heterocycles. The van der Waals surface area contributed by atoms with E-state index in [9.17, 15) is 4.79 Å². The summed E-state index contributed by atoms with van der Waals surface area (Å²) < 4.78 is 6.52. The normalized spacial score (nSPS) is 12.5. The van der Waals surface area contributed by atoms with Gasteiger partial charge in [0.2, 0.25) is 0 Å². The maximum absolute atomic E-state index is 12.3. The van der Waals surface area contributed by atoms with E-state index in [1.54, 1.807) is 24.3 Å². The van der Waals surface area contributed by atoms with Crippen LogP contribution < -0.4 is 10.1 Å². The number of halogens is 1. The third kappa shape index (κ3) is 3.02. The lowest BCUT2D eigenvalue weighted by Crippen LogP contribution is -2.21. The van der Waals surface area contributed by atoms with Crippen LogP contribution in [0.4, 0.5) is 5.69 Å². The number of carbonyl (C=O) groups is 1. The number of carbonyl (C=O) groups excluding carboxylic acids is 1. The minimum atomic E-state index is -0.213. The van der Waals surface area contributed by atoms with Gasteiger partial charge in [0, 0.05) is 15.7 Å². The van der Waals surface area contributed by atoms with Crippen molar-refractivity contribution < 1.29 is 9.53 Å². The quantitative estimate of drug-likeness (QED) is 0.893. The maximum Gasteiger partial charge on any atom is 0.255 e. The van der Waals surface area contributed by atoms with Gasteiger partial charge in [-0.3, -0.25) is 4.79 Å². The molecule has 0 aromatic heterocycles. The molecule has 2 aromatic rings. The topological polar surface area (TPSA) is 62.1 Å². The summed E-state index contributed by atoms with van der Waals surface area (Å²) in [7, 11) is 0. The zero-order valence-corrected chi connectivity index (χ0v) is 13.1. The molecule has 1 amide bonds. The first-order valence-electron chi connectivity index (χ1n) is 6.60. The van der Waals surface area contributed by atoms with Crippen molar-refractivity contribution in [2.75, 3.05) is 11.9 Å². The van der Waals surface area contributed by atoms with Crippen molar-refractivity contribution in [1.82, 2.24) is 0 Å². The molecule has 5 heteroatoms. The van der Waals surface area contributed by atoms with Crippen LogP contribution in [0.2, 0.25) is 0 Å². The molecule has 2 aromatic carbocycles. The molecular formula is C17H11BrN2O2. The van der Waals surface area contributed by atoms with E-state index in [1.807, 2.05) is 30.3 Å². The second-order valence-electron chi connectivity index (χ2n) is 4.78. The minimum Gasteiger partial charge on any atom is -0.488 e. The number of nitrogens with zero attached hydrogens (tertiary/aromatic N) is 1. The van der Waals surface area contributed by atoms with Crippen LogP contribution in [0, 0.1) is 11.3 Å². The minimum absolute atomic E-state index is 0.213. The van der Waals surface area contributed by atoms with Crippen molar-refractivity contribution >= 4 is 33.6 Å². The molecule has 1 aliphatic heterocycles. The zero-order valence-electron chi connectivity index (χ0n) is 11.5. The van der Waals surface area contributed by atoms with E-state index in [-0.39, 0.29) is 12.5 Å². The van der Waals surface area contributed by atoms with Crippen LogP contribution in [-0.4, -0.2) is 12.5 Å². The first kappa shape index (κ1) is 14.4. The van der Waals surface area contributed by atoms with Crippen molar-refractivity contribution in [2.45, 2.75) is 0 Å². The van der Waals surface area contributed by atoms with E-state index < -0.39 is 0 Å². The van der Waals surface area contributed by atoms with Crippen molar-refractivity contribution in [3.63, 3.8) is 0 Å². The average Bonchev–Trinajstić information content (AvgIpc) is 2.54. The summed E-state index contributed by atoms with van der Waals surface area (Å²) in [5, 5.41) is 11.6. The Bertz CT molecular complexity index is 804. The number of nitrogens with one attached hydrogen (secondary N) is 1. The number of fused-ring (bicyclic) bond motifs is 1. The van der Waals surface area contributed by atoms with Crippen LogP contribution in [0.15, 0.2) is 52.5 Å². The Morgan fingerprint density at radius 3 is 2.73 bits per heavy atom. The highest BCUT2D eigenvalue weighted by Crippen LogP contribution is 2.29. The van der Waals surface area contributed by atoms with E-state index in [0.717, 1.165) is 15.8 Å². The molecule has 0 aliphatic carbocycles. The molecule has 0 bridgehead atoms. The molecule has 108 valence electrons. The SMILES string of the molecule is N#Cc1ccc(NC(=O)C2=Cc3cc(Br)ccc3OC2)cc1. The van der Waals surface area contributed by atoms with Gasteiger partial charge in [-0.2, -0.15) is 5.26 Å². The molecule has 22 heavy (non-hydrogen) atoms. The maximum atomic E-state index is 12.3. The van der Waals surface area contributed by atoms with E-state index in [2.05, 4.69) is 21.2 Å². The van der Waals surface area contributed by atoms with Gasteiger partial charge in [-0.25, -0.2) is 0 Å². The van der Waals surface area contributed by atoms with Gasteiger partial charge < -0.3 is 10.1 Å². The zero-order chi connectivity index (χ0) is 15.5. The Labute approximate surface area is 136 Å². The summed E-state index contributed by atoms with van der Waals surface area (Å²) in [4.78, 5) is 12.3. The van der Waals surface area contributed by atoms with Gasteiger partial charge in [0.15, 0.2) is 0 Å². The van der Waals surface area contributed by atoms with Crippen LogP contribution >= 0.6 is 15.9 Å². The summed E-state index contributed by atoms with van der Waals surface area (Å²) in [5.74, 6) is 0.549. The molecule has 0 saturated carbocycles. The molecule has 1 aliphatic rings. The average molecular weight is 355 g/mol. The summed E-state index contributed by atoms with van der Waals surface area (Å²) in [6, 6.07) is 14.4. The first-order chi connectivity index (χ1) is 10.7. The van der Waals surface area contributed by atoms with Gasteiger partial charge >= 0.3 is 0 Å². The van der Waals surface area contributed by atoms with Crippen LogP contribution in [0.25, 0.3) is 6.08 Å². The highest BCUT2D eigenvalue weighted by Gasteiger charge is 2.17. The molecule has 3 rings (SSSR count). The molecule has 1 N–H and O–H groups in total. The van der Waals surface area contributed by atoms with E-state index in [4.69, 9.17) is 10.00 Å². The number of ether oxygens (including phenoxy) is 1. The van der Waals surface area contributed by atoms with E-state index in [1.165, 1.54) is 0 Å². The fourth-order valence-electron chi connectivity index (χ4n) is 2.12. The van der Waals surface area contributed by atoms with Gasteiger partial charge in [0.25, 0.3) is 5.91 Å². The van der Waals surface area contributed by atoms with Gasteiger partial charge in [0.1, 0.15) is 12.4 Å². The monoisotopic (exact) mass is 354 g/mol. The largest absolute Gasteiger partial charge is 0.488 e. The molecule has 0 unspecified atom stereocenters. The van der Waals surface area contributed by atoms with E-state index in [0.29, 0.717) is 16.8 Å². The Hall–Kier alpha value is -2.58. The third-order valence-electron chi connectivity index (χ3n) is 3.25. The Morgan fingerprint density at radius 2 is 2.00 bits per heavy atom. The summed E-state index contributed by atoms with van der Waals surface area (Å²) in [6.45, 7) is 0.233. The van der Waals surface area contributed by atoms with Gasteiger partial charge in [-0.15, -0.1) is 0 Å². The fraction of sp³-hybridized carbons (Fsp3) is 0.0588. The molecule has 4 nitrogen and oxygen atoms in total. The summed E-state index contributed by atoms with van der Waals surface area (Å²) >= 11 is 3.40.